The summed E-state index contributed by atoms with van der Waals surface area (Å²) in [5.74, 6) is 0. The Morgan fingerprint density at radius 1 is 1.60 bits per heavy atom. The first-order chi connectivity index (χ1) is 7.19. The zero-order valence-electron chi connectivity index (χ0n) is 10.1. The van der Waals surface area contributed by atoms with Gasteiger partial charge in [-0.1, -0.05) is 6.92 Å². The number of ether oxygens (including phenoxy) is 1. The predicted octanol–water partition coefficient (Wildman–Crippen LogP) is 1.24. The van der Waals surface area contributed by atoms with Crippen LogP contribution in [0.3, 0.4) is 0 Å². The number of aromatic nitrogens is 2. The van der Waals surface area contributed by atoms with Crippen LogP contribution in [0.1, 0.15) is 24.6 Å². The molecule has 0 aromatic carbocycles. The van der Waals surface area contributed by atoms with E-state index in [4.69, 9.17) is 4.74 Å². The van der Waals surface area contributed by atoms with Gasteiger partial charge in [-0.2, -0.15) is 5.10 Å². The molecule has 1 aromatic heterocycles. The predicted molar refractivity (Wildman–Crippen MR) is 60.7 cm³/mol. The smallest absolute Gasteiger partial charge is 0.0615 e. The van der Waals surface area contributed by atoms with Gasteiger partial charge in [-0.3, -0.25) is 4.68 Å². The van der Waals surface area contributed by atoms with Crippen molar-refractivity contribution in [1.29, 1.82) is 0 Å². The molecule has 0 saturated heterocycles. The van der Waals surface area contributed by atoms with Crippen LogP contribution < -0.4 is 5.32 Å². The van der Waals surface area contributed by atoms with Crippen LogP contribution in [0.2, 0.25) is 0 Å². The molecule has 15 heavy (non-hydrogen) atoms. The molecule has 0 bridgehead atoms. The normalized spacial score (nSPS) is 13.1. The Morgan fingerprint density at radius 2 is 2.33 bits per heavy atom. The van der Waals surface area contributed by atoms with E-state index in [2.05, 4.69) is 24.3 Å². The largest absolute Gasteiger partial charge is 0.383 e. The summed E-state index contributed by atoms with van der Waals surface area (Å²) >= 11 is 0. The molecule has 1 heterocycles. The molecule has 1 N–H and O–H groups in total. The Kier molecular flexibility index (Phi) is 4.78. The molecule has 4 heteroatoms. The first-order valence-electron chi connectivity index (χ1n) is 5.38. The fourth-order valence-corrected chi connectivity index (χ4v) is 1.49. The number of nitrogens with one attached hydrogen (secondary N) is 1. The van der Waals surface area contributed by atoms with Gasteiger partial charge in [0, 0.05) is 38.0 Å². The molecule has 0 saturated carbocycles. The lowest BCUT2D eigenvalue weighted by Gasteiger charge is -2.15. The summed E-state index contributed by atoms with van der Waals surface area (Å²) in [7, 11) is 3.70. The maximum absolute atomic E-state index is 5.14. The van der Waals surface area contributed by atoms with Gasteiger partial charge in [0.15, 0.2) is 0 Å². The van der Waals surface area contributed by atoms with E-state index in [1.165, 1.54) is 11.3 Å². The van der Waals surface area contributed by atoms with E-state index >= 15 is 0 Å². The first-order valence-corrected chi connectivity index (χ1v) is 5.38. The quantitative estimate of drug-likeness (QED) is 0.769. The third-order valence-corrected chi connectivity index (χ3v) is 2.78. The van der Waals surface area contributed by atoms with Crippen molar-refractivity contribution >= 4 is 0 Å². The molecule has 1 atom stereocenters. The van der Waals surface area contributed by atoms with E-state index in [9.17, 15) is 0 Å². The molecule has 86 valence electrons. The third kappa shape index (κ3) is 3.32. The van der Waals surface area contributed by atoms with Crippen molar-refractivity contribution in [3.8, 4) is 0 Å². The molecule has 1 aromatic rings. The first kappa shape index (κ1) is 12.2. The molecule has 0 amide bonds. The van der Waals surface area contributed by atoms with Crippen molar-refractivity contribution in [1.82, 2.24) is 15.1 Å². The molecule has 0 aliphatic carbocycles. The SMILES string of the molecule is CCC(COC)NCc1cnn(C)c1C. The maximum atomic E-state index is 5.14. The minimum Gasteiger partial charge on any atom is -0.383 e. The van der Waals surface area contributed by atoms with Crippen LogP contribution in [0.4, 0.5) is 0 Å². The number of hydrogen-bond donors (Lipinski definition) is 1. The average Bonchev–Trinajstić information content (AvgIpc) is 2.55. The van der Waals surface area contributed by atoms with E-state index < -0.39 is 0 Å². The molecule has 0 fully saturated rings. The minimum absolute atomic E-state index is 0.426. The Morgan fingerprint density at radius 3 is 2.80 bits per heavy atom. The summed E-state index contributed by atoms with van der Waals surface area (Å²) in [5.41, 5.74) is 2.47. The summed E-state index contributed by atoms with van der Waals surface area (Å²) in [6.45, 7) is 5.87. The number of hydrogen-bond acceptors (Lipinski definition) is 3. The van der Waals surface area contributed by atoms with E-state index in [-0.39, 0.29) is 0 Å². The van der Waals surface area contributed by atoms with Gasteiger partial charge in [0.1, 0.15) is 0 Å². The van der Waals surface area contributed by atoms with Gasteiger partial charge in [-0.25, -0.2) is 0 Å². The molecule has 1 unspecified atom stereocenters. The van der Waals surface area contributed by atoms with Crippen molar-refractivity contribution in [2.75, 3.05) is 13.7 Å². The molecule has 0 aliphatic heterocycles. The van der Waals surface area contributed by atoms with Crippen molar-refractivity contribution in [2.45, 2.75) is 32.9 Å². The number of rotatable bonds is 6. The van der Waals surface area contributed by atoms with Gasteiger partial charge in [0.25, 0.3) is 0 Å². The Labute approximate surface area is 91.6 Å². The topological polar surface area (TPSA) is 39.1 Å². The van der Waals surface area contributed by atoms with E-state index in [1.54, 1.807) is 7.11 Å². The Bertz CT molecular complexity index is 296. The van der Waals surface area contributed by atoms with E-state index in [1.807, 2.05) is 17.9 Å². The van der Waals surface area contributed by atoms with Crippen molar-refractivity contribution in [3.63, 3.8) is 0 Å². The highest BCUT2D eigenvalue weighted by molar-refractivity contribution is 5.15. The van der Waals surface area contributed by atoms with Gasteiger partial charge in [0.05, 0.1) is 12.8 Å². The third-order valence-electron chi connectivity index (χ3n) is 2.78. The lowest BCUT2D eigenvalue weighted by Crippen LogP contribution is -2.32. The van der Waals surface area contributed by atoms with Crippen molar-refractivity contribution < 1.29 is 4.74 Å². The molecular weight excluding hydrogens is 190 g/mol. The standard InChI is InChI=1S/C11H21N3O/c1-5-11(8-15-4)12-6-10-7-13-14(3)9(10)2/h7,11-12H,5-6,8H2,1-4H3. The molecule has 0 spiro atoms. The fourth-order valence-electron chi connectivity index (χ4n) is 1.49. The summed E-state index contributed by atoms with van der Waals surface area (Å²) in [6, 6.07) is 0.426. The van der Waals surface area contributed by atoms with Crippen molar-refractivity contribution in [3.05, 3.63) is 17.5 Å². The molecule has 1 rings (SSSR count). The lowest BCUT2D eigenvalue weighted by molar-refractivity contribution is 0.164. The summed E-state index contributed by atoms with van der Waals surface area (Å²) in [4.78, 5) is 0. The number of aryl methyl sites for hydroxylation is 1. The van der Waals surface area contributed by atoms with E-state index in [0.717, 1.165) is 19.6 Å². The second-order valence-electron chi connectivity index (χ2n) is 3.82. The summed E-state index contributed by atoms with van der Waals surface area (Å²) in [6.07, 6.45) is 3.00. The zero-order valence-corrected chi connectivity index (χ0v) is 10.1. The van der Waals surface area contributed by atoms with Gasteiger partial charge in [-0.05, 0) is 13.3 Å². The highest BCUT2D eigenvalue weighted by atomic mass is 16.5. The van der Waals surface area contributed by atoms with Crippen LogP contribution in [0.15, 0.2) is 6.20 Å². The van der Waals surface area contributed by atoms with Crippen LogP contribution >= 0.6 is 0 Å². The van der Waals surface area contributed by atoms with Crippen LogP contribution in [-0.4, -0.2) is 29.5 Å². The highest BCUT2D eigenvalue weighted by Gasteiger charge is 2.07. The molecule has 4 nitrogen and oxygen atoms in total. The average molecular weight is 211 g/mol. The maximum Gasteiger partial charge on any atom is 0.0615 e. The second kappa shape index (κ2) is 5.88. The minimum atomic E-state index is 0.426. The van der Waals surface area contributed by atoms with Crippen molar-refractivity contribution in [2.24, 2.45) is 7.05 Å². The van der Waals surface area contributed by atoms with Gasteiger partial charge < -0.3 is 10.1 Å². The number of methoxy groups -OCH3 is 1. The Balaban J connectivity index is 2.45. The fraction of sp³-hybridized carbons (Fsp3) is 0.727. The number of nitrogens with zero attached hydrogens (tertiary/aromatic N) is 2. The van der Waals surface area contributed by atoms with Crippen LogP contribution in [0, 0.1) is 6.92 Å². The molecular formula is C11H21N3O. The summed E-state index contributed by atoms with van der Waals surface area (Å²) in [5, 5.41) is 7.67. The lowest BCUT2D eigenvalue weighted by atomic mass is 10.2. The van der Waals surface area contributed by atoms with Gasteiger partial charge >= 0.3 is 0 Å². The monoisotopic (exact) mass is 211 g/mol. The summed E-state index contributed by atoms with van der Waals surface area (Å²) < 4.78 is 7.03. The van der Waals surface area contributed by atoms with Crippen LogP contribution in [0.25, 0.3) is 0 Å². The van der Waals surface area contributed by atoms with E-state index in [0.29, 0.717) is 6.04 Å². The van der Waals surface area contributed by atoms with Gasteiger partial charge in [0.2, 0.25) is 0 Å². The van der Waals surface area contributed by atoms with Crippen LogP contribution in [0.5, 0.6) is 0 Å². The highest BCUT2D eigenvalue weighted by Crippen LogP contribution is 2.05. The van der Waals surface area contributed by atoms with Gasteiger partial charge in [-0.15, -0.1) is 0 Å². The van der Waals surface area contributed by atoms with Crippen LogP contribution in [-0.2, 0) is 18.3 Å². The molecule has 0 aliphatic rings. The zero-order chi connectivity index (χ0) is 11.3. The second-order valence-corrected chi connectivity index (χ2v) is 3.82. The molecule has 0 radical (unpaired) electrons. The Hall–Kier alpha value is -0.870.